The lowest BCUT2D eigenvalue weighted by Crippen LogP contribution is -2.44. The van der Waals surface area contributed by atoms with Crippen LogP contribution in [0.25, 0.3) is 0 Å². The largest absolute Gasteiger partial charge is 0.491 e. The van der Waals surface area contributed by atoms with Crippen LogP contribution < -0.4 is 14.4 Å². The monoisotopic (exact) mass is 712 g/mol. The molecule has 0 radical (unpaired) electrons. The van der Waals surface area contributed by atoms with Gasteiger partial charge in [0.15, 0.2) is 6.10 Å². The average molecular weight is 713 g/mol. The third-order valence-electron chi connectivity index (χ3n) is 10.3. The molecule has 11 heteroatoms. The third-order valence-corrected chi connectivity index (χ3v) is 11.4. The Kier molecular flexibility index (Phi) is 13.3. The van der Waals surface area contributed by atoms with Crippen molar-refractivity contribution in [1.82, 2.24) is 13.9 Å². The number of methoxy groups -OCH3 is 1. The van der Waals surface area contributed by atoms with Gasteiger partial charge >= 0.3 is 0 Å². The number of halogens is 1. The van der Waals surface area contributed by atoms with Crippen LogP contribution in [0.3, 0.4) is 0 Å². The zero-order valence-corrected chi connectivity index (χ0v) is 31.1. The molecule has 2 aliphatic carbocycles. The molecule has 2 aromatic rings. The summed E-state index contributed by atoms with van der Waals surface area (Å²) in [5.74, 6) is 1.21. The van der Waals surface area contributed by atoms with Gasteiger partial charge in [0.25, 0.3) is 5.91 Å². The molecule has 0 saturated heterocycles. The zero-order valence-electron chi connectivity index (χ0n) is 29.6. The Bertz CT molecular complexity index is 1470. The number of fused-ring (bicyclic) bond motifs is 1. The van der Waals surface area contributed by atoms with Crippen LogP contribution in [0.15, 0.2) is 48.6 Å². The molecule has 2 N–H and O–H groups in total. The van der Waals surface area contributed by atoms with Crippen molar-refractivity contribution in [2.75, 3.05) is 52.3 Å². The van der Waals surface area contributed by atoms with Gasteiger partial charge in [-0.15, -0.1) is 0 Å². The van der Waals surface area contributed by atoms with Gasteiger partial charge in [-0.3, -0.25) is 14.3 Å². The first-order valence-corrected chi connectivity index (χ1v) is 18.8. The summed E-state index contributed by atoms with van der Waals surface area (Å²) in [6, 6.07) is 12.3. The fourth-order valence-electron chi connectivity index (χ4n) is 6.93. The number of carbonyl (C=O) groups excluding carboxylic acids is 2. The molecule has 2 saturated carbocycles. The SMILES string of the molecule is CCCc1cc(Cl)ccc1C1COc2ccc(C(O)C(=O)NSN(C)C3CC3)cc2N(CC2CCC2C(/C=C/CCN(C)C(C)=O)OC)C1. The molecule has 268 valence electrons. The molecule has 2 aromatic carbocycles. The second-order valence-electron chi connectivity index (χ2n) is 13.8. The quantitative estimate of drug-likeness (QED) is 0.150. The Morgan fingerprint density at radius 1 is 1.18 bits per heavy atom. The average Bonchev–Trinajstić information content (AvgIpc) is 3.94. The van der Waals surface area contributed by atoms with Crippen LogP contribution in [0.1, 0.15) is 81.1 Å². The number of nitrogens with one attached hydrogen (secondary N) is 1. The first kappa shape index (κ1) is 37.5. The molecular weight excluding hydrogens is 660 g/mol. The summed E-state index contributed by atoms with van der Waals surface area (Å²) in [6.07, 6.45) is 10.1. The molecule has 1 heterocycles. The van der Waals surface area contributed by atoms with Crippen molar-refractivity contribution < 1.29 is 24.2 Å². The van der Waals surface area contributed by atoms with E-state index >= 15 is 0 Å². The fourth-order valence-corrected chi connectivity index (χ4v) is 7.83. The number of hydrogen-bond donors (Lipinski definition) is 2. The fraction of sp³-hybridized carbons (Fsp3) is 0.579. The maximum atomic E-state index is 13.0. The van der Waals surface area contributed by atoms with Crippen molar-refractivity contribution in [3.05, 3.63) is 70.3 Å². The number of aryl methyl sites for hydroxylation is 1. The predicted octanol–water partition coefficient (Wildman–Crippen LogP) is 6.55. The van der Waals surface area contributed by atoms with Crippen molar-refractivity contribution in [3.63, 3.8) is 0 Å². The standard InChI is InChI=1S/C38H53ClN4O5S/c1-6-9-26-20-30(39)13-17-32(26)29-23-43(22-28-11-16-33(28)35(47-5)10-7-8-19-41(3)25(2)44)34-21-27(12-18-36(34)48-24-29)37(45)38(46)40-49-42(4)31-14-15-31/h7,10,12-13,17-18,20-21,28-29,31,33,35,37,45H,6,8-9,11,14-16,19,22-24H2,1-5H3,(H,40,46)/b10-7+. The van der Waals surface area contributed by atoms with Crippen molar-refractivity contribution in [1.29, 1.82) is 0 Å². The molecule has 1 aliphatic heterocycles. The van der Waals surface area contributed by atoms with Crippen molar-refractivity contribution >= 4 is 41.2 Å². The van der Waals surface area contributed by atoms with E-state index in [1.54, 1.807) is 25.0 Å². The molecule has 2 amide bonds. The molecule has 5 rings (SSSR count). The van der Waals surface area contributed by atoms with Crippen LogP contribution in [0.5, 0.6) is 5.75 Å². The number of anilines is 1. The molecule has 0 aromatic heterocycles. The zero-order chi connectivity index (χ0) is 35.1. The van der Waals surface area contributed by atoms with E-state index in [1.165, 1.54) is 23.3 Å². The van der Waals surface area contributed by atoms with Crippen LogP contribution in [0, 0.1) is 11.8 Å². The van der Waals surface area contributed by atoms with Gasteiger partial charge in [-0.05, 0) is 98.4 Å². The maximum absolute atomic E-state index is 13.0. The number of nitrogens with zero attached hydrogens (tertiary/aromatic N) is 3. The van der Waals surface area contributed by atoms with Crippen LogP contribution in [0.2, 0.25) is 5.02 Å². The predicted molar refractivity (Wildman–Crippen MR) is 198 cm³/mol. The van der Waals surface area contributed by atoms with Gasteiger partial charge in [0.1, 0.15) is 5.75 Å². The maximum Gasteiger partial charge on any atom is 0.264 e. The molecule has 49 heavy (non-hydrogen) atoms. The van der Waals surface area contributed by atoms with E-state index in [4.69, 9.17) is 21.1 Å². The lowest BCUT2D eigenvalue weighted by Gasteiger charge is -2.43. The van der Waals surface area contributed by atoms with Crippen LogP contribution in [-0.2, 0) is 20.7 Å². The summed E-state index contributed by atoms with van der Waals surface area (Å²) in [5.41, 5.74) is 3.92. The van der Waals surface area contributed by atoms with Gasteiger partial charge in [0.2, 0.25) is 5.91 Å². The summed E-state index contributed by atoms with van der Waals surface area (Å²) in [7, 11) is 5.55. The Morgan fingerprint density at radius 3 is 2.65 bits per heavy atom. The molecule has 5 atom stereocenters. The van der Waals surface area contributed by atoms with Gasteiger partial charge in [-0.2, -0.15) is 0 Å². The van der Waals surface area contributed by atoms with Gasteiger partial charge in [-0.1, -0.05) is 49.2 Å². The highest BCUT2D eigenvalue weighted by Gasteiger charge is 2.39. The number of rotatable bonds is 16. The molecule has 3 aliphatic rings. The third kappa shape index (κ3) is 9.73. The number of ether oxygens (including phenoxy) is 2. The van der Waals surface area contributed by atoms with E-state index in [9.17, 15) is 14.7 Å². The number of aliphatic hydroxyl groups is 1. The van der Waals surface area contributed by atoms with Gasteiger partial charge in [-0.25, -0.2) is 4.31 Å². The molecule has 0 spiro atoms. The Balaban J connectivity index is 1.37. The summed E-state index contributed by atoms with van der Waals surface area (Å²) in [4.78, 5) is 28.8. The van der Waals surface area contributed by atoms with E-state index in [-0.39, 0.29) is 17.9 Å². The molecule has 2 fully saturated rings. The number of carbonyl (C=O) groups is 2. The molecule has 9 nitrogen and oxygen atoms in total. The second-order valence-corrected chi connectivity index (χ2v) is 15.2. The highest BCUT2D eigenvalue weighted by molar-refractivity contribution is 7.95. The van der Waals surface area contributed by atoms with Crippen molar-refractivity contribution in [3.8, 4) is 5.75 Å². The normalized spacial score (nSPS) is 21.8. The Hall–Kier alpha value is -2.76. The van der Waals surface area contributed by atoms with E-state index in [2.05, 4.69) is 40.8 Å². The van der Waals surface area contributed by atoms with Crippen LogP contribution in [-0.4, -0.2) is 85.7 Å². The summed E-state index contributed by atoms with van der Waals surface area (Å²) < 4.78 is 17.4. The Labute approximate surface area is 301 Å². The van der Waals surface area contributed by atoms with Crippen LogP contribution in [0.4, 0.5) is 5.69 Å². The lowest BCUT2D eigenvalue weighted by molar-refractivity contribution is -0.128. The minimum Gasteiger partial charge on any atom is -0.491 e. The smallest absolute Gasteiger partial charge is 0.264 e. The summed E-state index contributed by atoms with van der Waals surface area (Å²) in [5, 5.41) is 11.9. The second kappa shape index (κ2) is 17.4. The number of amides is 2. The van der Waals surface area contributed by atoms with Crippen molar-refractivity contribution in [2.24, 2.45) is 11.8 Å². The lowest BCUT2D eigenvalue weighted by atomic mass is 9.70. The van der Waals surface area contributed by atoms with Gasteiger partial charge in [0.05, 0.1) is 18.4 Å². The molecule has 0 bridgehead atoms. The summed E-state index contributed by atoms with van der Waals surface area (Å²) >= 11 is 7.69. The Morgan fingerprint density at radius 2 is 1.98 bits per heavy atom. The first-order chi connectivity index (χ1) is 23.6. The molecule has 5 unspecified atom stereocenters. The van der Waals surface area contributed by atoms with E-state index in [1.807, 2.05) is 36.6 Å². The van der Waals surface area contributed by atoms with Crippen molar-refractivity contribution in [2.45, 2.75) is 83.0 Å². The van der Waals surface area contributed by atoms with E-state index in [0.29, 0.717) is 36.6 Å². The minimum atomic E-state index is -1.31. The number of benzene rings is 2. The topological polar surface area (TPSA) is 94.6 Å². The highest BCUT2D eigenvalue weighted by Crippen LogP contribution is 2.43. The summed E-state index contributed by atoms with van der Waals surface area (Å²) in [6.45, 7) is 6.48. The van der Waals surface area contributed by atoms with Crippen LogP contribution >= 0.6 is 23.7 Å². The molecular formula is C38H53ClN4O5S. The number of hydrogen-bond acceptors (Lipinski definition) is 8. The van der Waals surface area contributed by atoms with E-state index < -0.39 is 12.0 Å². The van der Waals surface area contributed by atoms with Gasteiger partial charge < -0.3 is 24.4 Å². The highest BCUT2D eigenvalue weighted by atomic mass is 35.5. The van der Waals surface area contributed by atoms with Gasteiger partial charge in [0, 0.05) is 69.8 Å². The van der Waals surface area contributed by atoms with E-state index in [0.717, 1.165) is 74.5 Å². The first-order valence-electron chi connectivity index (χ1n) is 17.7. The minimum absolute atomic E-state index is 0.0181. The number of aliphatic hydroxyl groups excluding tert-OH is 1.